The van der Waals surface area contributed by atoms with Crippen LogP contribution < -0.4 is 4.90 Å². The van der Waals surface area contributed by atoms with Crippen LogP contribution in [0.1, 0.15) is 15.9 Å². The van der Waals surface area contributed by atoms with E-state index in [9.17, 15) is 14.0 Å². The molecular weight excluding hydrogens is 209 g/mol. The largest absolute Gasteiger partial charge is 0.300 e. The minimum Gasteiger partial charge on any atom is -0.290 e. The van der Waals surface area contributed by atoms with Gasteiger partial charge in [-0.05, 0) is 24.6 Å². The summed E-state index contributed by atoms with van der Waals surface area (Å²) < 4.78 is 13.7. The quantitative estimate of drug-likeness (QED) is 0.525. The number of terminal acetylenes is 1. The fourth-order valence-corrected chi connectivity index (χ4v) is 1.76. The van der Waals surface area contributed by atoms with Crippen molar-refractivity contribution in [3.8, 4) is 12.3 Å². The third-order valence-electron chi connectivity index (χ3n) is 2.41. The minimum absolute atomic E-state index is 0.00134. The average molecular weight is 217 g/mol. The molecule has 0 aliphatic carbocycles. The van der Waals surface area contributed by atoms with Crippen molar-refractivity contribution in [1.29, 1.82) is 0 Å². The molecule has 0 aromatic heterocycles. The number of hydrogen-bond donors (Lipinski definition) is 0. The highest BCUT2D eigenvalue weighted by Gasteiger charge is 2.37. The molecule has 2 rings (SSSR count). The zero-order chi connectivity index (χ0) is 11.9. The molecule has 0 saturated carbocycles. The Bertz CT molecular complexity index is 543. The van der Waals surface area contributed by atoms with Gasteiger partial charge in [-0.25, -0.2) is 4.39 Å². The van der Waals surface area contributed by atoms with Crippen molar-refractivity contribution in [2.24, 2.45) is 0 Å². The van der Waals surface area contributed by atoms with Gasteiger partial charge in [0.1, 0.15) is 5.82 Å². The van der Waals surface area contributed by atoms with Gasteiger partial charge in [0.05, 0.1) is 17.8 Å². The maximum absolute atomic E-state index is 13.7. The first kappa shape index (κ1) is 10.4. The number of amides is 1. The van der Waals surface area contributed by atoms with E-state index in [1.807, 2.05) is 0 Å². The van der Waals surface area contributed by atoms with E-state index in [1.165, 1.54) is 12.1 Å². The second-order valence-corrected chi connectivity index (χ2v) is 3.57. The highest BCUT2D eigenvalue weighted by atomic mass is 19.1. The third-order valence-corrected chi connectivity index (χ3v) is 2.41. The van der Waals surface area contributed by atoms with E-state index in [1.54, 1.807) is 6.92 Å². The second kappa shape index (κ2) is 3.46. The summed E-state index contributed by atoms with van der Waals surface area (Å²) in [4.78, 5) is 24.1. The summed E-state index contributed by atoms with van der Waals surface area (Å²) in [6, 6.07) is 2.77. The van der Waals surface area contributed by atoms with Gasteiger partial charge in [0.25, 0.3) is 11.7 Å². The predicted molar refractivity (Wildman–Crippen MR) is 56.7 cm³/mol. The fourth-order valence-electron chi connectivity index (χ4n) is 1.76. The lowest BCUT2D eigenvalue weighted by atomic mass is 10.1. The molecule has 0 unspecified atom stereocenters. The Kier molecular flexibility index (Phi) is 2.24. The molecule has 1 aromatic rings. The van der Waals surface area contributed by atoms with Crippen molar-refractivity contribution in [2.75, 3.05) is 11.4 Å². The molecule has 0 saturated heterocycles. The summed E-state index contributed by atoms with van der Waals surface area (Å²) in [5, 5.41) is 0. The van der Waals surface area contributed by atoms with Crippen LogP contribution in [0.5, 0.6) is 0 Å². The lowest BCUT2D eigenvalue weighted by Gasteiger charge is -2.13. The van der Waals surface area contributed by atoms with E-state index >= 15 is 0 Å². The molecule has 0 bridgehead atoms. The summed E-state index contributed by atoms with van der Waals surface area (Å²) in [5.41, 5.74) is 0.691. The zero-order valence-corrected chi connectivity index (χ0v) is 8.58. The van der Waals surface area contributed by atoms with Crippen LogP contribution in [0.2, 0.25) is 0 Å². The molecule has 0 fully saturated rings. The Morgan fingerprint density at radius 1 is 1.44 bits per heavy atom. The van der Waals surface area contributed by atoms with Crippen LogP contribution in [0.3, 0.4) is 0 Å². The first-order valence-electron chi connectivity index (χ1n) is 4.66. The number of Topliss-reactive ketones (excluding diaryl/α,β-unsaturated/α-hetero) is 1. The van der Waals surface area contributed by atoms with Crippen molar-refractivity contribution in [3.63, 3.8) is 0 Å². The summed E-state index contributed by atoms with van der Waals surface area (Å²) in [5.74, 6) is 0.169. The number of aryl methyl sites for hydroxylation is 1. The Morgan fingerprint density at radius 2 is 2.12 bits per heavy atom. The van der Waals surface area contributed by atoms with Gasteiger partial charge < -0.3 is 0 Å². The number of hydrogen-bond acceptors (Lipinski definition) is 2. The molecule has 0 radical (unpaired) electrons. The van der Waals surface area contributed by atoms with Crippen LogP contribution in [-0.4, -0.2) is 18.2 Å². The maximum Gasteiger partial charge on any atom is 0.300 e. The van der Waals surface area contributed by atoms with Gasteiger partial charge in [-0.3, -0.25) is 14.5 Å². The molecular formula is C12H8FNO2. The van der Waals surface area contributed by atoms with Gasteiger partial charge >= 0.3 is 0 Å². The van der Waals surface area contributed by atoms with Gasteiger partial charge in [0.2, 0.25) is 0 Å². The van der Waals surface area contributed by atoms with Crippen molar-refractivity contribution in [3.05, 3.63) is 29.1 Å². The van der Waals surface area contributed by atoms with E-state index in [2.05, 4.69) is 5.92 Å². The van der Waals surface area contributed by atoms with Crippen molar-refractivity contribution < 1.29 is 14.0 Å². The van der Waals surface area contributed by atoms with Crippen LogP contribution in [-0.2, 0) is 4.79 Å². The number of nitrogens with zero attached hydrogens (tertiary/aromatic N) is 1. The number of carbonyl (C=O) groups excluding carboxylic acids is 2. The maximum atomic E-state index is 13.7. The fraction of sp³-hybridized carbons (Fsp3) is 0.167. The first-order chi connectivity index (χ1) is 7.56. The smallest absolute Gasteiger partial charge is 0.290 e. The minimum atomic E-state index is -0.766. The Morgan fingerprint density at radius 3 is 2.75 bits per heavy atom. The van der Waals surface area contributed by atoms with Gasteiger partial charge in [0, 0.05) is 0 Å². The van der Waals surface area contributed by atoms with Gasteiger partial charge in [-0.1, -0.05) is 5.92 Å². The number of rotatable bonds is 1. The number of carbonyl (C=O) groups is 2. The standard InChI is InChI=1S/C12H8FNO2/c1-3-4-14-10-8(11(15)12(14)16)5-7(2)6-9(10)13/h1,5-6H,4H2,2H3. The summed E-state index contributed by atoms with van der Waals surface area (Å²) in [7, 11) is 0. The summed E-state index contributed by atoms with van der Waals surface area (Å²) in [6.07, 6.45) is 5.08. The molecule has 1 aliphatic heterocycles. The van der Waals surface area contributed by atoms with E-state index in [-0.39, 0.29) is 17.8 Å². The molecule has 3 nitrogen and oxygen atoms in total. The van der Waals surface area contributed by atoms with Gasteiger partial charge in [-0.15, -0.1) is 6.42 Å². The Balaban J connectivity index is 2.66. The number of benzene rings is 1. The molecule has 1 aromatic carbocycles. The third kappa shape index (κ3) is 1.29. The monoisotopic (exact) mass is 217 g/mol. The highest BCUT2D eigenvalue weighted by Crippen LogP contribution is 2.32. The number of ketones is 1. The Labute approximate surface area is 91.9 Å². The topological polar surface area (TPSA) is 37.4 Å². The Hall–Kier alpha value is -2.15. The van der Waals surface area contributed by atoms with E-state index in [0.29, 0.717) is 5.56 Å². The van der Waals surface area contributed by atoms with Crippen molar-refractivity contribution in [2.45, 2.75) is 6.92 Å². The van der Waals surface area contributed by atoms with Crippen LogP contribution in [0.25, 0.3) is 0 Å². The predicted octanol–water partition coefficient (Wildman–Crippen LogP) is 1.30. The first-order valence-corrected chi connectivity index (χ1v) is 4.66. The van der Waals surface area contributed by atoms with Crippen molar-refractivity contribution in [1.82, 2.24) is 0 Å². The molecule has 1 heterocycles. The molecule has 0 atom stereocenters. The number of halogens is 1. The second-order valence-electron chi connectivity index (χ2n) is 3.57. The normalized spacial score (nSPS) is 13.9. The summed E-state index contributed by atoms with van der Waals surface area (Å²) >= 11 is 0. The van der Waals surface area contributed by atoms with Crippen molar-refractivity contribution >= 4 is 17.4 Å². The summed E-state index contributed by atoms with van der Waals surface area (Å²) in [6.45, 7) is 1.56. The van der Waals surface area contributed by atoms with Gasteiger partial charge in [-0.2, -0.15) is 0 Å². The molecule has 1 amide bonds. The lowest BCUT2D eigenvalue weighted by molar-refractivity contribution is -0.114. The van der Waals surface area contributed by atoms with Crippen LogP contribution in [0, 0.1) is 25.1 Å². The highest BCUT2D eigenvalue weighted by molar-refractivity contribution is 6.52. The number of anilines is 1. The molecule has 80 valence electrons. The molecule has 16 heavy (non-hydrogen) atoms. The number of fused-ring (bicyclic) bond motifs is 1. The molecule has 1 aliphatic rings. The van der Waals surface area contributed by atoms with E-state index < -0.39 is 17.5 Å². The SMILES string of the molecule is C#CCN1C(=O)C(=O)c2cc(C)cc(F)c21. The van der Waals surface area contributed by atoms with E-state index in [4.69, 9.17) is 6.42 Å². The average Bonchev–Trinajstić information content (AvgIpc) is 2.44. The molecule has 4 heteroatoms. The molecule has 0 N–H and O–H groups in total. The lowest BCUT2D eigenvalue weighted by Crippen LogP contribution is -2.30. The van der Waals surface area contributed by atoms with Gasteiger partial charge in [0.15, 0.2) is 0 Å². The van der Waals surface area contributed by atoms with Crippen LogP contribution >= 0.6 is 0 Å². The van der Waals surface area contributed by atoms with Crippen LogP contribution in [0.4, 0.5) is 10.1 Å². The van der Waals surface area contributed by atoms with Crippen LogP contribution in [0.15, 0.2) is 12.1 Å². The molecule has 0 spiro atoms. The zero-order valence-electron chi connectivity index (χ0n) is 8.58. The van der Waals surface area contributed by atoms with E-state index in [0.717, 1.165) is 4.90 Å².